The summed E-state index contributed by atoms with van der Waals surface area (Å²) in [6.45, 7) is 1.94. The molecule has 0 aliphatic carbocycles. The minimum absolute atomic E-state index is 0.00655. The lowest BCUT2D eigenvalue weighted by atomic mass is 10.4. The maximum Gasteiger partial charge on any atom is 0.212 e. The molecule has 8 heteroatoms. The lowest BCUT2D eigenvalue weighted by Crippen LogP contribution is -2.37. The van der Waals surface area contributed by atoms with Crippen molar-refractivity contribution in [2.75, 3.05) is 31.4 Å². The predicted molar refractivity (Wildman–Crippen MR) is 60.0 cm³/mol. The van der Waals surface area contributed by atoms with Crippen molar-refractivity contribution in [3.05, 3.63) is 0 Å². The van der Waals surface area contributed by atoms with Gasteiger partial charge in [0.2, 0.25) is 10.0 Å². The van der Waals surface area contributed by atoms with Crippen LogP contribution in [-0.2, 0) is 19.9 Å². The largest absolute Gasteiger partial charge is 0.312 e. The van der Waals surface area contributed by atoms with Gasteiger partial charge in [0.15, 0.2) is 0 Å². The fourth-order valence-electron chi connectivity index (χ4n) is 1.05. The molecule has 0 heterocycles. The second-order valence-corrected chi connectivity index (χ2v) is 7.70. The Morgan fingerprint density at radius 3 is 2.13 bits per heavy atom. The van der Waals surface area contributed by atoms with Gasteiger partial charge in [0.25, 0.3) is 0 Å². The SMILES string of the molecule is CNS(=O)(=O)CCNC(C)CS(C)(=O)=O. The summed E-state index contributed by atoms with van der Waals surface area (Å²) >= 11 is 0. The van der Waals surface area contributed by atoms with Crippen LogP contribution in [0.3, 0.4) is 0 Å². The van der Waals surface area contributed by atoms with Crippen LogP contribution < -0.4 is 10.0 Å². The lowest BCUT2D eigenvalue weighted by Gasteiger charge is -2.12. The van der Waals surface area contributed by atoms with E-state index in [0.29, 0.717) is 0 Å². The molecule has 1 unspecified atom stereocenters. The number of hydrogen-bond donors (Lipinski definition) is 2. The first kappa shape index (κ1) is 14.8. The van der Waals surface area contributed by atoms with Gasteiger partial charge in [-0.05, 0) is 14.0 Å². The van der Waals surface area contributed by atoms with E-state index in [4.69, 9.17) is 0 Å². The molecule has 0 bridgehead atoms. The van der Waals surface area contributed by atoms with Crippen LogP contribution in [0.5, 0.6) is 0 Å². The van der Waals surface area contributed by atoms with E-state index in [2.05, 4.69) is 10.0 Å². The normalized spacial score (nSPS) is 15.1. The molecule has 92 valence electrons. The van der Waals surface area contributed by atoms with Crippen molar-refractivity contribution in [1.29, 1.82) is 0 Å². The van der Waals surface area contributed by atoms with Crippen LogP contribution in [-0.4, -0.2) is 54.2 Å². The third-order valence-electron chi connectivity index (χ3n) is 1.73. The molecular weight excluding hydrogens is 240 g/mol. The molecule has 0 rings (SSSR count). The number of nitrogens with one attached hydrogen (secondary N) is 2. The molecule has 6 nitrogen and oxygen atoms in total. The molecule has 0 saturated carbocycles. The van der Waals surface area contributed by atoms with Gasteiger partial charge >= 0.3 is 0 Å². The Morgan fingerprint density at radius 1 is 1.20 bits per heavy atom. The summed E-state index contributed by atoms with van der Waals surface area (Å²) in [6, 6.07) is -0.243. The van der Waals surface area contributed by atoms with Gasteiger partial charge < -0.3 is 5.32 Å². The maximum absolute atomic E-state index is 11.0. The molecule has 0 saturated heterocycles. The van der Waals surface area contributed by atoms with E-state index in [1.165, 1.54) is 7.05 Å². The molecule has 0 aliphatic heterocycles. The zero-order chi connectivity index (χ0) is 12.1. The van der Waals surface area contributed by atoms with Gasteiger partial charge in [0.05, 0.1) is 11.5 Å². The van der Waals surface area contributed by atoms with Gasteiger partial charge in [0.1, 0.15) is 9.84 Å². The topological polar surface area (TPSA) is 92.3 Å². The van der Waals surface area contributed by atoms with Crippen LogP contribution in [0.1, 0.15) is 6.92 Å². The highest BCUT2D eigenvalue weighted by molar-refractivity contribution is 7.90. The van der Waals surface area contributed by atoms with Crippen LogP contribution in [0.4, 0.5) is 0 Å². The second-order valence-electron chi connectivity index (χ2n) is 3.47. The Labute approximate surface area is 91.4 Å². The summed E-state index contributed by atoms with van der Waals surface area (Å²) in [5.41, 5.74) is 0. The van der Waals surface area contributed by atoms with Crippen LogP contribution in [0, 0.1) is 0 Å². The smallest absolute Gasteiger partial charge is 0.212 e. The number of sulfonamides is 1. The van der Waals surface area contributed by atoms with Crippen molar-refractivity contribution in [1.82, 2.24) is 10.0 Å². The summed E-state index contributed by atoms with van der Waals surface area (Å²) < 4.78 is 45.9. The molecule has 1 atom stereocenters. The van der Waals surface area contributed by atoms with Crippen LogP contribution >= 0.6 is 0 Å². The second kappa shape index (κ2) is 5.78. The summed E-state index contributed by atoms with van der Waals surface area (Å²) in [4.78, 5) is 0. The Balaban J connectivity index is 3.89. The van der Waals surface area contributed by atoms with E-state index in [0.717, 1.165) is 6.26 Å². The van der Waals surface area contributed by atoms with Gasteiger partial charge in [-0.15, -0.1) is 0 Å². The average molecular weight is 258 g/mol. The number of sulfone groups is 1. The first-order chi connectivity index (χ1) is 6.66. The van der Waals surface area contributed by atoms with Crippen molar-refractivity contribution in [2.45, 2.75) is 13.0 Å². The van der Waals surface area contributed by atoms with Crippen LogP contribution in [0.15, 0.2) is 0 Å². The maximum atomic E-state index is 11.0. The van der Waals surface area contributed by atoms with Crippen molar-refractivity contribution < 1.29 is 16.8 Å². The quantitative estimate of drug-likeness (QED) is 0.583. The monoisotopic (exact) mass is 258 g/mol. The van der Waals surface area contributed by atoms with Crippen LogP contribution in [0.2, 0.25) is 0 Å². The third-order valence-corrected chi connectivity index (χ3v) is 4.20. The molecule has 0 aromatic rings. The molecule has 0 aromatic carbocycles. The summed E-state index contributed by atoms with van der Waals surface area (Å²) in [6.07, 6.45) is 1.15. The summed E-state index contributed by atoms with van der Waals surface area (Å²) in [5.74, 6) is -0.0514. The van der Waals surface area contributed by atoms with Crippen molar-refractivity contribution in [3.63, 3.8) is 0 Å². The van der Waals surface area contributed by atoms with Gasteiger partial charge in [-0.3, -0.25) is 0 Å². The molecule has 0 aromatic heterocycles. The van der Waals surface area contributed by atoms with Crippen molar-refractivity contribution in [2.24, 2.45) is 0 Å². The average Bonchev–Trinajstić information content (AvgIpc) is 2.00. The Bertz CT molecular complexity index is 374. The first-order valence-electron chi connectivity index (χ1n) is 4.48. The molecule has 2 N–H and O–H groups in total. The molecule has 0 aliphatic rings. The minimum atomic E-state index is -3.22. The Hall–Kier alpha value is -0.180. The van der Waals surface area contributed by atoms with Gasteiger partial charge in [0, 0.05) is 18.8 Å². The lowest BCUT2D eigenvalue weighted by molar-refractivity contribution is 0.561. The zero-order valence-electron chi connectivity index (χ0n) is 9.15. The zero-order valence-corrected chi connectivity index (χ0v) is 10.8. The molecule has 0 radical (unpaired) electrons. The van der Waals surface area contributed by atoms with E-state index in [9.17, 15) is 16.8 Å². The highest BCUT2D eigenvalue weighted by Gasteiger charge is 2.11. The van der Waals surface area contributed by atoms with Crippen molar-refractivity contribution in [3.8, 4) is 0 Å². The van der Waals surface area contributed by atoms with Gasteiger partial charge in [-0.25, -0.2) is 21.6 Å². The van der Waals surface area contributed by atoms with E-state index in [1.807, 2.05) is 0 Å². The van der Waals surface area contributed by atoms with E-state index in [-0.39, 0.29) is 24.1 Å². The fraction of sp³-hybridized carbons (Fsp3) is 1.00. The van der Waals surface area contributed by atoms with E-state index in [1.54, 1.807) is 6.92 Å². The molecule has 0 fully saturated rings. The minimum Gasteiger partial charge on any atom is -0.312 e. The Morgan fingerprint density at radius 2 is 1.73 bits per heavy atom. The summed E-state index contributed by atoms with van der Waals surface area (Å²) in [7, 11) is -4.90. The fourth-order valence-corrected chi connectivity index (χ4v) is 2.67. The molecule has 0 amide bonds. The molecule has 15 heavy (non-hydrogen) atoms. The highest BCUT2D eigenvalue weighted by atomic mass is 32.2. The highest BCUT2D eigenvalue weighted by Crippen LogP contribution is 1.90. The standard InChI is InChI=1S/C7H18N2O4S2/c1-7(6-14(3,10)11)9-4-5-15(12,13)8-2/h7-9H,4-6H2,1-3H3. The Kier molecular flexibility index (Phi) is 5.71. The molecular formula is C7H18N2O4S2. The molecule has 0 spiro atoms. The van der Waals surface area contributed by atoms with Crippen molar-refractivity contribution >= 4 is 19.9 Å². The van der Waals surface area contributed by atoms with E-state index >= 15 is 0 Å². The predicted octanol–water partition coefficient (Wildman–Crippen LogP) is -1.44. The third kappa shape index (κ3) is 8.79. The number of rotatable bonds is 7. The first-order valence-corrected chi connectivity index (χ1v) is 8.20. The van der Waals surface area contributed by atoms with E-state index < -0.39 is 19.9 Å². The van der Waals surface area contributed by atoms with Crippen LogP contribution in [0.25, 0.3) is 0 Å². The van der Waals surface area contributed by atoms with Gasteiger partial charge in [-0.1, -0.05) is 0 Å². The summed E-state index contributed by atoms with van der Waals surface area (Å²) in [5, 5.41) is 2.83. The van der Waals surface area contributed by atoms with Gasteiger partial charge in [-0.2, -0.15) is 0 Å². The number of hydrogen-bond acceptors (Lipinski definition) is 5.